The van der Waals surface area contributed by atoms with Crippen LogP contribution in [0.3, 0.4) is 0 Å². The molecule has 1 atom stereocenters. The number of carboxylic acid groups (broad SMARTS) is 1. The summed E-state index contributed by atoms with van der Waals surface area (Å²) in [6.45, 7) is 3.26. The van der Waals surface area contributed by atoms with E-state index in [1.54, 1.807) is 18.3 Å². The van der Waals surface area contributed by atoms with Crippen LogP contribution in [0.5, 0.6) is 0 Å². The van der Waals surface area contributed by atoms with Gasteiger partial charge in [-0.25, -0.2) is 4.79 Å². The number of carbonyl (C=O) groups is 2. The van der Waals surface area contributed by atoms with Crippen molar-refractivity contribution in [2.75, 3.05) is 0 Å². The van der Waals surface area contributed by atoms with E-state index >= 15 is 0 Å². The summed E-state index contributed by atoms with van der Waals surface area (Å²) in [6, 6.07) is 1.97. The highest BCUT2D eigenvalue weighted by molar-refractivity contribution is 9.10. The molecule has 0 aliphatic rings. The standard InChI is InChI=1S/C12H16BrNO3S/c1-3-12(2,11(16)17)14-10(15)5-4-9-6-8(13)7-18-9/h6-7H,3-5H2,1-2H3,(H,14,15)(H,16,17). The van der Waals surface area contributed by atoms with Gasteiger partial charge in [-0.05, 0) is 41.8 Å². The van der Waals surface area contributed by atoms with Crippen LogP contribution >= 0.6 is 27.3 Å². The molecule has 0 aromatic carbocycles. The molecule has 1 aromatic heterocycles. The third-order valence-electron chi connectivity index (χ3n) is 2.81. The van der Waals surface area contributed by atoms with Gasteiger partial charge in [-0.15, -0.1) is 11.3 Å². The number of carboxylic acids is 1. The van der Waals surface area contributed by atoms with Crippen molar-refractivity contribution in [3.63, 3.8) is 0 Å². The predicted octanol–water partition coefficient (Wildman–Crippen LogP) is 2.81. The molecule has 0 fully saturated rings. The number of aliphatic carboxylic acids is 1. The van der Waals surface area contributed by atoms with Gasteiger partial charge in [0.05, 0.1) is 0 Å². The van der Waals surface area contributed by atoms with E-state index in [1.807, 2.05) is 11.4 Å². The first-order valence-electron chi connectivity index (χ1n) is 5.64. The average molecular weight is 334 g/mol. The minimum Gasteiger partial charge on any atom is -0.480 e. The van der Waals surface area contributed by atoms with Crippen LogP contribution in [0, 0.1) is 0 Å². The zero-order chi connectivity index (χ0) is 13.8. The van der Waals surface area contributed by atoms with Gasteiger partial charge in [0.15, 0.2) is 0 Å². The first kappa shape index (κ1) is 15.2. The summed E-state index contributed by atoms with van der Waals surface area (Å²) in [5, 5.41) is 13.6. The number of hydrogen-bond acceptors (Lipinski definition) is 3. The van der Waals surface area contributed by atoms with E-state index in [0.717, 1.165) is 9.35 Å². The summed E-state index contributed by atoms with van der Waals surface area (Å²) in [4.78, 5) is 23.9. The fourth-order valence-electron chi connectivity index (χ4n) is 1.38. The van der Waals surface area contributed by atoms with Crippen molar-refractivity contribution in [3.05, 3.63) is 20.8 Å². The van der Waals surface area contributed by atoms with E-state index < -0.39 is 11.5 Å². The Morgan fingerprint density at radius 1 is 1.56 bits per heavy atom. The zero-order valence-corrected chi connectivity index (χ0v) is 12.7. The normalized spacial score (nSPS) is 13.9. The minimum atomic E-state index is -1.17. The Morgan fingerprint density at radius 3 is 2.67 bits per heavy atom. The molecule has 6 heteroatoms. The number of thiophene rings is 1. The van der Waals surface area contributed by atoms with Crippen LogP contribution in [0.15, 0.2) is 15.9 Å². The first-order chi connectivity index (χ1) is 8.37. The number of amides is 1. The summed E-state index contributed by atoms with van der Waals surface area (Å²) >= 11 is 4.93. The van der Waals surface area contributed by atoms with Gasteiger partial charge in [0, 0.05) is 21.2 Å². The van der Waals surface area contributed by atoms with Crippen LogP contribution in [0.4, 0.5) is 0 Å². The van der Waals surface area contributed by atoms with E-state index in [9.17, 15) is 9.59 Å². The second-order valence-electron chi connectivity index (χ2n) is 4.27. The maximum atomic E-state index is 11.7. The topological polar surface area (TPSA) is 66.4 Å². The molecule has 0 aliphatic carbocycles. The molecule has 0 spiro atoms. The SMILES string of the molecule is CCC(C)(NC(=O)CCc1cc(Br)cs1)C(=O)O. The van der Waals surface area contributed by atoms with E-state index in [-0.39, 0.29) is 5.91 Å². The van der Waals surface area contributed by atoms with Crippen LogP contribution in [0.1, 0.15) is 31.6 Å². The molecule has 0 saturated heterocycles. The highest BCUT2D eigenvalue weighted by Crippen LogP contribution is 2.21. The van der Waals surface area contributed by atoms with Gasteiger partial charge in [-0.3, -0.25) is 4.79 Å². The second-order valence-corrected chi connectivity index (χ2v) is 6.18. The predicted molar refractivity (Wildman–Crippen MR) is 74.8 cm³/mol. The summed E-state index contributed by atoms with van der Waals surface area (Å²) in [6.07, 6.45) is 1.29. The molecule has 0 aliphatic heterocycles. The van der Waals surface area contributed by atoms with Crippen molar-refractivity contribution in [2.24, 2.45) is 0 Å². The summed E-state index contributed by atoms with van der Waals surface area (Å²) in [5.41, 5.74) is -1.17. The van der Waals surface area contributed by atoms with E-state index in [4.69, 9.17) is 5.11 Å². The number of nitrogens with one attached hydrogen (secondary N) is 1. The van der Waals surface area contributed by atoms with Crippen molar-refractivity contribution in [1.29, 1.82) is 0 Å². The average Bonchev–Trinajstić information content (AvgIpc) is 2.72. The third kappa shape index (κ3) is 4.10. The van der Waals surface area contributed by atoms with Crippen molar-refractivity contribution < 1.29 is 14.7 Å². The Bertz CT molecular complexity index is 446. The lowest BCUT2D eigenvalue weighted by Gasteiger charge is -2.24. The quantitative estimate of drug-likeness (QED) is 0.841. The van der Waals surface area contributed by atoms with E-state index in [1.165, 1.54) is 6.92 Å². The monoisotopic (exact) mass is 333 g/mol. The Balaban J connectivity index is 2.49. The largest absolute Gasteiger partial charge is 0.480 e. The highest BCUT2D eigenvalue weighted by Gasteiger charge is 2.32. The van der Waals surface area contributed by atoms with Gasteiger partial charge in [0.25, 0.3) is 0 Å². The molecule has 100 valence electrons. The van der Waals surface area contributed by atoms with Crippen molar-refractivity contribution in [3.8, 4) is 0 Å². The molecule has 0 bridgehead atoms. The lowest BCUT2D eigenvalue weighted by atomic mass is 9.99. The molecule has 1 unspecified atom stereocenters. The van der Waals surface area contributed by atoms with Gasteiger partial charge < -0.3 is 10.4 Å². The van der Waals surface area contributed by atoms with Gasteiger partial charge in [-0.2, -0.15) is 0 Å². The van der Waals surface area contributed by atoms with Gasteiger partial charge in [0.1, 0.15) is 5.54 Å². The zero-order valence-electron chi connectivity index (χ0n) is 10.3. The van der Waals surface area contributed by atoms with Crippen LogP contribution in [0.2, 0.25) is 0 Å². The molecule has 2 N–H and O–H groups in total. The van der Waals surface area contributed by atoms with Gasteiger partial charge in [-0.1, -0.05) is 6.92 Å². The third-order valence-corrected chi connectivity index (χ3v) is 4.57. The maximum Gasteiger partial charge on any atom is 0.329 e. The molecule has 1 heterocycles. The number of halogens is 1. The lowest BCUT2D eigenvalue weighted by Crippen LogP contribution is -2.51. The maximum absolute atomic E-state index is 11.7. The fraction of sp³-hybridized carbons (Fsp3) is 0.500. The van der Waals surface area contributed by atoms with Crippen LogP contribution < -0.4 is 5.32 Å². The van der Waals surface area contributed by atoms with Crippen molar-refractivity contribution >= 4 is 39.1 Å². The van der Waals surface area contributed by atoms with Crippen molar-refractivity contribution in [1.82, 2.24) is 5.32 Å². The Labute approximate surface area is 119 Å². The van der Waals surface area contributed by atoms with E-state index in [2.05, 4.69) is 21.2 Å². The van der Waals surface area contributed by atoms with Crippen LogP contribution in [-0.2, 0) is 16.0 Å². The summed E-state index contributed by atoms with van der Waals surface area (Å²) < 4.78 is 1.01. The minimum absolute atomic E-state index is 0.230. The molecule has 18 heavy (non-hydrogen) atoms. The first-order valence-corrected chi connectivity index (χ1v) is 7.32. The van der Waals surface area contributed by atoms with Crippen molar-refractivity contribution in [2.45, 2.75) is 38.6 Å². The van der Waals surface area contributed by atoms with Crippen LogP contribution in [0.25, 0.3) is 0 Å². The fourth-order valence-corrected chi connectivity index (χ4v) is 2.84. The molecule has 1 rings (SSSR count). The highest BCUT2D eigenvalue weighted by atomic mass is 79.9. The number of carbonyl (C=O) groups excluding carboxylic acids is 1. The number of aryl methyl sites for hydroxylation is 1. The molecule has 4 nitrogen and oxygen atoms in total. The molecule has 0 saturated carbocycles. The van der Waals surface area contributed by atoms with Gasteiger partial charge >= 0.3 is 5.97 Å². The Hall–Kier alpha value is -0.880. The Kier molecular flexibility index (Phi) is 5.34. The van der Waals surface area contributed by atoms with Crippen LogP contribution in [-0.4, -0.2) is 22.5 Å². The summed E-state index contributed by atoms with van der Waals surface area (Å²) in [5.74, 6) is -1.23. The molecule has 1 amide bonds. The molecular formula is C12H16BrNO3S. The smallest absolute Gasteiger partial charge is 0.329 e. The van der Waals surface area contributed by atoms with Gasteiger partial charge in [0.2, 0.25) is 5.91 Å². The molecular weight excluding hydrogens is 318 g/mol. The number of rotatable bonds is 6. The molecule has 0 radical (unpaired) electrons. The van der Waals surface area contributed by atoms with E-state index in [0.29, 0.717) is 19.3 Å². The molecule has 1 aromatic rings. The summed E-state index contributed by atoms with van der Waals surface area (Å²) in [7, 11) is 0. The lowest BCUT2D eigenvalue weighted by molar-refractivity contribution is -0.147. The second kappa shape index (κ2) is 6.33. The number of hydrogen-bond donors (Lipinski definition) is 2. The Morgan fingerprint density at radius 2 is 2.22 bits per heavy atom.